The number of para-hydroxylation sites is 1. The maximum Gasteiger partial charge on any atom is 0.250 e. The molecule has 0 saturated carbocycles. The molecule has 1 spiro atoms. The summed E-state index contributed by atoms with van der Waals surface area (Å²) in [5, 5.41) is 18.3. The van der Waals surface area contributed by atoms with E-state index in [1.165, 1.54) is 4.90 Å². The summed E-state index contributed by atoms with van der Waals surface area (Å²) in [6.07, 6.45) is 0.619. The van der Waals surface area contributed by atoms with Gasteiger partial charge in [-0.1, -0.05) is 62.4 Å². The van der Waals surface area contributed by atoms with Crippen molar-refractivity contribution < 1.29 is 24.2 Å². The topological polar surface area (TPSA) is 108 Å². The number of anilines is 2. The van der Waals surface area contributed by atoms with E-state index in [4.69, 9.17) is 4.74 Å². The number of nitrogens with zero attached hydrogens (tertiary/aromatic N) is 1. The lowest BCUT2D eigenvalue weighted by Gasteiger charge is -2.38. The second kappa shape index (κ2) is 9.77. The minimum Gasteiger partial charge on any atom is -0.394 e. The van der Waals surface area contributed by atoms with Crippen molar-refractivity contribution in [1.29, 1.82) is 0 Å². The van der Waals surface area contributed by atoms with Crippen LogP contribution in [0.15, 0.2) is 72.8 Å². The number of carbonyl (C=O) groups is 3. The SMILES string of the molecule is CC(C)[C@H](CO)N1C(=O)[C@@H]2[C@@H](C(=O)Nc3ccccc3)[C@H]3CCC2(O3)C1C(=O)Nc1ccc2ccccc2c1. The predicted molar refractivity (Wildman–Crippen MR) is 148 cm³/mol. The van der Waals surface area contributed by atoms with Gasteiger partial charge in [0.1, 0.15) is 11.6 Å². The molecule has 3 N–H and O–H groups in total. The van der Waals surface area contributed by atoms with E-state index in [2.05, 4.69) is 10.6 Å². The monoisotopic (exact) mass is 527 g/mol. The Hall–Kier alpha value is -3.75. The van der Waals surface area contributed by atoms with Crippen molar-refractivity contribution in [3.63, 3.8) is 0 Å². The first kappa shape index (κ1) is 25.5. The van der Waals surface area contributed by atoms with Crippen molar-refractivity contribution in [2.75, 3.05) is 17.2 Å². The van der Waals surface area contributed by atoms with Gasteiger partial charge in [-0.05, 0) is 53.8 Å². The van der Waals surface area contributed by atoms with E-state index < -0.39 is 35.6 Å². The summed E-state index contributed by atoms with van der Waals surface area (Å²) < 4.78 is 6.51. The number of nitrogens with one attached hydrogen (secondary N) is 2. The molecular weight excluding hydrogens is 494 g/mol. The molecule has 0 radical (unpaired) electrons. The number of likely N-dealkylation sites (tertiary alicyclic amines) is 1. The summed E-state index contributed by atoms with van der Waals surface area (Å²) >= 11 is 0. The smallest absolute Gasteiger partial charge is 0.250 e. The molecule has 8 heteroatoms. The van der Waals surface area contributed by atoms with E-state index in [-0.39, 0.29) is 30.2 Å². The van der Waals surface area contributed by atoms with Gasteiger partial charge in [0, 0.05) is 11.4 Å². The van der Waals surface area contributed by atoms with Gasteiger partial charge in [-0.2, -0.15) is 0 Å². The molecule has 39 heavy (non-hydrogen) atoms. The van der Waals surface area contributed by atoms with Gasteiger partial charge in [-0.3, -0.25) is 14.4 Å². The Kier molecular flexibility index (Phi) is 6.40. The predicted octanol–water partition coefficient (Wildman–Crippen LogP) is 3.81. The Bertz CT molecular complexity index is 1430. The van der Waals surface area contributed by atoms with Gasteiger partial charge in [-0.15, -0.1) is 0 Å². The van der Waals surface area contributed by atoms with Crippen LogP contribution in [0, 0.1) is 17.8 Å². The van der Waals surface area contributed by atoms with E-state index in [1.807, 2.05) is 74.5 Å². The molecule has 8 nitrogen and oxygen atoms in total. The highest BCUT2D eigenvalue weighted by atomic mass is 16.5. The fourth-order valence-electron chi connectivity index (χ4n) is 6.89. The molecule has 0 aromatic heterocycles. The van der Waals surface area contributed by atoms with E-state index in [0.717, 1.165) is 10.8 Å². The first-order valence-electron chi connectivity index (χ1n) is 13.6. The van der Waals surface area contributed by atoms with Crippen LogP contribution < -0.4 is 10.6 Å². The molecule has 3 aliphatic heterocycles. The summed E-state index contributed by atoms with van der Waals surface area (Å²) in [6, 6.07) is 21.1. The van der Waals surface area contributed by atoms with Gasteiger partial charge in [-0.25, -0.2) is 0 Å². The second-order valence-corrected chi connectivity index (χ2v) is 11.2. The highest BCUT2D eigenvalue weighted by molar-refractivity contribution is 6.05. The number of carbonyl (C=O) groups excluding carboxylic acids is 3. The fourth-order valence-corrected chi connectivity index (χ4v) is 6.89. The summed E-state index contributed by atoms with van der Waals surface area (Å²) in [5.41, 5.74) is 0.119. The molecule has 2 bridgehead atoms. The van der Waals surface area contributed by atoms with Crippen LogP contribution in [-0.2, 0) is 19.1 Å². The average Bonchev–Trinajstić information content (AvgIpc) is 3.57. The zero-order chi connectivity index (χ0) is 27.3. The third-order valence-electron chi connectivity index (χ3n) is 8.66. The van der Waals surface area contributed by atoms with Gasteiger partial charge < -0.3 is 25.4 Å². The van der Waals surface area contributed by atoms with Crippen LogP contribution in [0.1, 0.15) is 26.7 Å². The quantitative estimate of drug-likeness (QED) is 0.433. The number of fused-ring (bicyclic) bond motifs is 2. The lowest BCUT2D eigenvalue weighted by Crippen LogP contribution is -2.57. The fraction of sp³-hybridized carbons (Fsp3) is 0.387. The van der Waals surface area contributed by atoms with Crippen LogP contribution >= 0.6 is 0 Å². The number of rotatable bonds is 7. The van der Waals surface area contributed by atoms with Gasteiger partial charge >= 0.3 is 0 Å². The third kappa shape index (κ3) is 4.10. The number of hydrogen-bond acceptors (Lipinski definition) is 5. The van der Waals surface area contributed by atoms with Gasteiger partial charge in [0.05, 0.1) is 30.6 Å². The maximum absolute atomic E-state index is 14.2. The largest absolute Gasteiger partial charge is 0.394 e. The Morgan fingerprint density at radius 3 is 2.38 bits per heavy atom. The second-order valence-electron chi connectivity index (χ2n) is 11.2. The van der Waals surface area contributed by atoms with Crippen molar-refractivity contribution in [3.05, 3.63) is 72.8 Å². The molecule has 202 valence electrons. The molecule has 3 aromatic rings. The molecule has 6 atom stereocenters. The highest BCUT2D eigenvalue weighted by Gasteiger charge is 2.75. The van der Waals surface area contributed by atoms with Crippen LogP contribution in [-0.4, -0.2) is 58.1 Å². The summed E-state index contributed by atoms with van der Waals surface area (Å²) in [6.45, 7) is 3.53. The maximum atomic E-state index is 14.2. The molecule has 3 fully saturated rings. The molecule has 3 aliphatic rings. The number of aliphatic hydroxyl groups excluding tert-OH is 1. The normalized spacial score (nSPS) is 28.1. The minimum atomic E-state index is -1.14. The van der Waals surface area contributed by atoms with Crippen molar-refractivity contribution in [2.24, 2.45) is 17.8 Å². The standard InChI is InChI=1S/C31H33N3O5/c1-18(2)23(17-35)34-27(29(37)33-22-13-12-19-8-6-7-9-20(19)16-22)31-15-14-24(39-31)25(26(31)30(34)38)28(36)32-21-10-4-3-5-11-21/h3-13,16,18,23-27,35H,14-15,17H2,1-2H3,(H,32,36)(H,33,37)/t23-,24+,25-,26-,27?,31?/m0/s1. The molecule has 3 amide bonds. The third-order valence-corrected chi connectivity index (χ3v) is 8.66. The number of amides is 3. The van der Waals surface area contributed by atoms with Crippen LogP contribution in [0.5, 0.6) is 0 Å². The zero-order valence-electron chi connectivity index (χ0n) is 22.0. The Morgan fingerprint density at radius 2 is 1.67 bits per heavy atom. The number of benzene rings is 3. The van der Waals surface area contributed by atoms with Gasteiger partial charge in [0.2, 0.25) is 17.7 Å². The lowest BCUT2D eigenvalue weighted by atomic mass is 9.70. The summed E-state index contributed by atoms with van der Waals surface area (Å²) in [7, 11) is 0. The van der Waals surface area contributed by atoms with Crippen molar-refractivity contribution in [3.8, 4) is 0 Å². The molecular formula is C31H33N3O5. The molecule has 3 heterocycles. The van der Waals surface area contributed by atoms with Crippen LogP contribution in [0.4, 0.5) is 11.4 Å². The number of aliphatic hydroxyl groups is 1. The Labute approximate surface area is 227 Å². The molecule has 3 saturated heterocycles. The zero-order valence-corrected chi connectivity index (χ0v) is 22.0. The van der Waals surface area contributed by atoms with Crippen molar-refractivity contribution >= 4 is 39.9 Å². The number of ether oxygens (including phenoxy) is 1. The van der Waals surface area contributed by atoms with Crippen LogP contribution in [0.25, 0.3) is 10.8 Å². The lowest BCUT2D eigenvalue weighted by molar-refractivity contribution is -0.144. The Balaban J connectivity index is 1.36. The van der Waals surface area contributed by atoms with Crippen LogP contribution in [0.2, 0.25) is 0 Å². The minimum absolute atomic E-state index is 0.112. The molecule has 6 rings (SSSR count). The van der Waals surface area contributed by atoms with E-state index in [9.17, 15) is 19.5 Å². The van der Waals surface area contributed by atoms with E-state index in [0.29, 0.717) is 24.2 Å². The average molecular weight is 528 g/mol. The van der Waals surface area contributed by atoms with Gasteiger partial charge in [0.25, 0.3) is 0 Å². The molecule has 3 aromatic carbocycles. The van der Waals surface area contributed by atoms with Crippen molar-refractivity contribution in [1.82, 2.24) is 4.90 Å². The summed E-state index contributed by atoms with van der Waals surface area (Å²) in [5.74, 6) is -2.61. The number of hydrogen-bond donors (Lipinski definition) is 3. The van der Waals surface area contributed by atoms with Gasteiger partial charge in [0.15, 0.2) is 0 Å². The molecule has 0 aliphatic carbocycles. The molecule has 2 unspecified atom stereocenters. The van der Waals surface area contributed by atoms with Crippen molar-refractivity contribution in [2.45, 2.75) is 50.5 Å². The van der Waals surface area contributed by atoms with E-state index in [1.54, 1.807) is 12.1 Å². The van der Waals surface area contributed by atoms with E-state index >= 15 is 0 Å². The first-order valence-corrected chi connectivity index (χ1v) is 13.6. The highest BCUT2D eigenvalue weighted by Crippen LogP contribution is 2.59. The Morgan fingerprint density at radius 1 is 0.974 bits per heavy atom. The van der Waals surface area contributed by atoms with Crippen LogP contribution in [0.3, 0.4) is 0 Å². The first-order chi connectivity index (χ1) is 18.8. The summed E-state index contributed by atoms with van der Waals surface area (Å²) in [4.78, 5) is 43.3.